The molecule has 7 heteroatoms. The third kappa shape index (κ3) is 4.30. The van der Waals surface area contributed by atoms with Gasteiger partial charge in [0.15, 0.2) is 0 Å². The highest BCUT2D eigenvalue weighted by atomic mass is 35.5. The van der Waals surface area contributed by atoms with Crippen LogP contribution in [0.3, 0.4) is 0 Å². The SMILES string of the molecule is COc1ccc(OC)c(Nc2ccnc(Nc3ccc(Cl)cc3)n2)c1. The summed E-state index contributed by atoms with van der Waals surface area (Å²) < 4.78 is 10.6. The average molecular weight is 357 g/mol. The molecule has 0 amide bonds. The van der Waals surface area contributed by atoms with Gasteiger partial charge < -0.3 is 20.1 Å². The second kappa shape index (κ2) is 7.72. The van der Waals surface area contributed by atoms with Crippen molar-refractivity contribution in [2.75, 3.05) is 24.9 Å². The molecule has 3 rings (SSSR count). The lowest BCUT2D eigenvalue weighted by Crippen LogP contribution is -2.01. The van der Waals surface area contributed by atoms with Crippen LogP contribution in [-0.4, -0.2) is 24.2 Å². The number of nitrogens with zero attached hydrogens (tertiary/aromatic N) is 2. The molecule has 0 saturated carbocycles. The van der Waals surface area contributed by atoms with E-state index in [1.165, 1.54) is 0 Å². The number of halogens is 1. The molecule has 0 aliphatic carbocycles. The topological polar surface area (TPSA) is 68.3 Å². The quantitative estimate of drug-likeness (QED) is 0.671. The lowest BCUT2D eigenvalue weighted by atomic mass is 10.2. The number of rotatable bonds is 6. The summed E-state index contributed by atoms with van der Waals surface area (Å²) in [6.07, 6.45) is 1.67. The molecule has 128 valence electrons. The monoisotopic (exact) mass is 356 g/mol. The van der Waals surface area contributed by atoms with E-state index in [1.807, 2.05) is 30.3 Å². The molecule has 1 aromatic heterocycles. The summed E-state index contributed by atoms with van der Waals surface area (Å²) in [5, 5.41) is 7.02. The highest BCUT2D eigenvalue weighted by molar-refractivity contribution is 6.30. The maximum atomic E-state index is 5.89. The van der Waals surface area contributed by atoms with Gasteiger partial charge in [0.05, 0.1) is 19.9 Å². The van der Waals surface area contributed by atoms with Crippen LogP contribution in [0.2, 0.25) is 5.02 Å². The van der Waals surface area contributed by atoms with Crippen LogP contribution in [0.4, 0.5) is 23.1 Å². The van der Waals surface area contributed by atoms with Crippen molar-refractivity contribution in [2.45, 2.75) is 0 Å². The molecule has 25 heavy (non-hydrogen) atoms. The fourth-order valence-electron chi connectivity index (χ4n) is 2.20. The number of anilines is 4. The van der Waals surface area contributed by atoms with Crippen molar-refractivity contribution in [3.05, 3.63) is 59.8 Å². The van der Waals surface area contributed by atoms with E-state index in [1.54, 1.807) is 38.6 Å². The molecular weight excluding hydrogens is 340 g/mol. The molecule has 0 spiro atoms. The van der Waals surface area contributed by atoms with Crippen molar-refractivity contribution in [1.82, 2.24) is 9.97 Å². The zero-order valence-electron chi connectivity index (χ0n) is 13.8. The van der Waals surface area contributed by atoms with Crippen LogP contribution in [0, 0.1) is 0 Å². The van der Waals surface area contributed by atoms with Gasteiger partial charge in [0.1, 0.15) is 17.3 Å². The smallest absolute Gasteiger partial charge is 0.229 e. The van der Waals surface area contributed by atoms with E-state index in [4.69, 9.17) is 21.1 Å². The molecule has 0 fully saturated rings. The van der Waals surface area contributed by atoms with Crippen LogP contribution >= 0.6 is 11.6 Å². The summed E-state index contributed by atoms with van der Waals surface area (Å²) in [6.45, 7) is 0. The first kappa shape index (κ1) is 16.9. The van der Waals surface area contributed by atoms with Crippen molar-refractivity contribution in [3.8, 4) is 11.5 Å². The van der Waals surface area contributed by atoms with Crippen LogP contribution in [0.25, 0.3) is 0 Å². The number of aromatic nitrogens is 2. The molecule has 6 nitrogen and oxygen atoms in total. The predicted molar refractivity (Wildman–Crippen MR) is 99.6 cm³/mol. The molecule has 2 aromatic carbocycles. The molecular formula is C18H17ClN4O2. The fraction of sp³-hybridized carbons (Fsp3) is 0.111. The maximum Gasteiger partial charge on any atom is 0.229 e. The van der Waals surface area contributed by atoms with Crippen LogP contribution in [0.1, 0.15) is 0 Å². The van der Waals surface area contributed by atoms with Crippen molar-refractivity contribution in [3.63, 3.8) is 0 Å². The van der Waals surface area contributed by atoms with E-state index in [2.05, 4.69) is 20.6 Å². The fourth-order valence-corrected chi connectivity index (χ4v) is 2.33. The summed E-state index contributed by atoms with van der Waals surface area (Å²) in [5.74, 6) is 2.50. The second-order valence-electron chi connectivity index (χ2n) is 5.09. The minimum atomic E-state index is 0.467. The zero-order valence-corrected chi connectivity index (χ0v) is 14.5. The molecule has 1 heterocycles. The Morgan fingerprint density at radius 2 is 1.72 bits per heavy atom. The van der Waals surface area contributed by atoms with Gasteiger partial charge in [-0.3, -0.25) is 0 Å². The summed E-state index contributed by atoms with van der Waals surface area (Å²) in [4.78, 5) is 8.68. The van der Waals surface area contributed by atoms with E-state index in [0.29, 0.717) is 22.5 Å². The number of hydrogen-bond acceptors (Lipinski definition) is 6. The standard InChI is InChI=1S/C18H17ClN4O2/c1-24-14-7-8-16(25-2)15(11-14)22-17-9-10-20-18(23-17)21-13-5-3-12(19)4-6-13/h3-11H,1-2H3,(H2,20,21,22,23). The lowest BCUT2D eigenvalue weighted by Gasteiger charge is -2.13. The van der Waals surface area contributed by atoms with Gasteiger partial charge in [0.25, 0.3) is 0 Å². The molecule has 0 radical (unpaired) electrons. The maximum absolute atomic E-state index is 5.89. The third-order valence-corrected chi connectivity index (χ3v) is 3.68. The molecule has 0 unspecified atom stereocenters. The molecule has 0 aliphatic rings. The van der Waals surface area contributed by atoms with Crippen LogP contribution < -0.4 is 20.1 Å². The van der Waals surface area contributed by atoms with E-state index >= 15 is 0 Å². The highest BCUT2D eigenvalue weighted by Gasteiger charge is 2.07. The minimum Gasteiger partial charge on any atom is -0.497 e. The Labute approximate surface area is 150 Å². The molecule has 0 atom stereocenters. The van der Waals surface area contributed by atoms with Crippen LogP contribution in [-0.2, 0) is 0 Å². The summed E-state index contributed by atoms with van der Waals surface area (Å²) in [7, 11) is 3.23. The predicted octanol–water partition coefficient (Wildman–Crippen LogP) is 4.63. The number of methoxy groups -OCH3 is 2. The first-order valence-corrected chi connectivity index (χ1v) is 7.90. The largest absolute Gasteiger partial charge is 0.497 e. The molecule has 2 N–H and O–H groups in total. The van der Waals surface area contributed by atoms with E-state index in [9.17, 15) is 0 Å². The second-order valence-corrected chi connectivity index (χ2v) is 5.53. The first-order valence-electron chi connectivity index (χ1n) is 7.52. The minimum absolute atomic E-state index is 0.467. The van der Waals surface area contributed by atoms with Gasteiger partial charge in [0.2, 0.25) is 5.95 Å². The molecule has 0 aliphatic heterocycles. The van der Waals surface area contributed by atoms with Crippen molar-refractivity contribution in [2.24, 2.45) is 0 Å². The Balaban J connectivity index is 1.81. The number of ether oxygens (including phenoxy) is 2. The normalized spacial score (nSPS) is 10.2. The molecule has 0 saturated heterocycles. The van der Waals surface area contributed by atoms with Crippen LogP contribution in [0.5, 0.6) is 11.5 Å². The lowest BCUT2D eigenvalue weighted by molar-refractivity contribution is 0.405. The van der Waals surface area contributed by atoms with E-state index in [-0.39, 0.29) is 0 Å². The Morgan fingerprint density at radius 3 is 2.44 bits per heavy atom. The Hall–Kier alpha value is -2.99. The van der Waals surface area contributed by atoms with Crippen molar-refractivity contribution in [1.29, 1.82) is 0 Å². The van der Waals surface area contributed by atoms with Gasteiger partial charge >= 0.3 is 0 Å². The molecule has 0 bridgehead atoms. The number of nitrogens with one attached hydrogen (secondary N) is 2. The van der Waals surface area contributed by atoms with Gasteiger partial charge in [0, 0.05) is 23.0 Å². The van der Waals surface area contributed by atoms with Gasteiger partial charge in [-0.05, 0) is 42.5 Å². The molecule has 3 aromatic rings. The van der Waals surface area contributed by atoms with E-state index in [0.717, 1.165) is 17.1 Å². The van der Waals surface area contributed by atoms with Gasteiger partial charge in [-0.2, -0.15) is 4.98 Å². The van der Waals surface area contributed by atoms with Gasteiger partial charge in [-0.1, -0.05) is 11.6 Å². The zero-order chi connectivity index (χ0) is 17.6. The Kier molecular flexibility index (Phi) is 5.20. The van der Waals surface area contributed by atoms with Gasteiger partial charge in [-0.15, -0.1) is 0 Å². The summed E-state index contributed by atoms with van der Waals surface area (Å²) in [5.41, 5.74) is 1.60. The van der Waals surface area contributed by atoms with Crippen molar-refractivity contribution >= 4 is 34.7 Å². The summed E-state index contributed by atoms with van der Waals surface area (Å²) in [6, 6.07) is 14.6. The summed E-state index contributed by atoms with van der Waals surface area (Å²) >= 11 is 5.89. The average Bonchev–Trinajstić information content (AvgIpc) is 2.64. The van der Waals surface area contributed by atoms with Gasteiger partial charge in [-0.25, -0.2) is 4.98 Å². The third-order valence-electron chi connectivity index (χ3n) is 3.43. The van der Waals surface area contributed by atoms with Crippen LogP contribution in [0.15, 0.2) is 54.7 Å². The first-order chi connectivity index (χ1) is 12.2. The van der Waals surface area contributed by atoms with E-state index < -0.39 is 0 Å². The van der Waals surface area contributed by atoms with Crippen molar-refractivity contribution < 1.29 is 9.47 Å². The number of hydrogen-bond donors (Lipinski definition) is 2. The highest BCUT2D eigenvalue weighted by Crippen LogP contribution is 2.31. The Bertz CT molecular complexity index is 856. The Morgan fingerprint density at radius 1 is 0.920 bits per heavy atom. The number of benzene rings is 2.